The number of rotatable bonds is 4. The quantitative estimate of drug-likeness (QED) is 0.846. The molecule has 128 valence electrons. The Balaban J connectivity index is 2.00. The highest BCUT2D eigenvalue weighted by atomic mass is 35.5. The van der Waals surface area contributed by atoms with Gasteiger partial charge in [-0.05, 0) is 55.0 Å². The lowest BCUT2D eigenvalue weighted by Crippen LogP contribution is -2.19. The molecule has 1 heterocycles. The molecule has 24 heavy (non-hydrogen) atoms. The lowest BCUT2D eigenvalue weighted by atomic mass is 9.88. The molecule has 0 fully saturated rings. The van der Waals surface area contributed by atoms with Crippen molar-refractivity contribution in [3.63, 3.8) is 0 Å². The van der Waals surface area contributed by atoms with E-state index in [-0.39, 0.29) is 4.90 Å². The molecule has 0 saturated heterocycles. The summed E-state index contributed by atoms with van der Waals surface area (Å²) in [4.78, 5) is 13.0. The van der Waals surface area contributed by atoms with E-state index in [0.717, 1.165) is 29.7 Å². The van der Waals surface area contributed by atoms with Crippen molar-refractivity contribution in [1.29, 1.82) is 0 Å². The summed E-state index contributed by atoms with van der Waals surface area (Å²) in [6.45, 7) is 2.14. The second-order valence-corrected chi connectivity index (χ2v) is 9.20. The molecule has 1 aliphatic carbocycles. The molecule has 0 unspecified atom stereocenters. The fourth-order valence-corrected chi connectivity index (χ4v) is 5.73. The van der Waals surface area contributed by atoms with E-state index < -0.39 is 15.9 Å². The van der Waals surface area contributed by atoms with Crippen LogP contribution >= 0.6 is 22.9 Å². The first-order valence-corrected chi connectivity index (χ1v) is 10.2. The number of hydrogen-bond donors (Lipinski definition) is 2. The van der Waals surface area contributed by atoms with Gasteiger partial charge in [-0.1, -0.05) is 18.5 Å². The second-order valence-electron chi connectivity index (χ2n) is 5.98. The zero-order valence-corrected chi connectivity index (χ0v) is 15.4. The Labute approximate surface area is 149 Å². The Morgan fingerprint density at radius 1 is 1.33 bits per heavy atom. The molecule has 2 aromatic rings. The molecule has 0 aliphatic heterocycles. The number of amides is 1. The van der Waals surface area contributed by atoms with Crippen LogP contribution in [0.15, 0.2) is 29.2 Å². The molecule has 0 saturated carbocycles. The van der Waals surface area contributed by atoms with Crippen molar-refractivity contribution >= 4 is 43.9 Å². The van der Waals surface area contributed by atoms with Crippen LogP contribution in [0.1, 0.15) is 34.1 Å². The monoisotopic (exact) mass is 384 g/mol. The summed E-state index contributed by atoms with van der Waals surface area (Å²) in [6, 6.07) is 5.85. The lowest BCUT2D eigenvalue weighted by Gasteiger charge is -2.18. The van der Waals surface area contributed by atoms with Crippen LogP contribution in [-0.4, -0.2) is 14.3 Å². The fourth-order valence-electron chi connectivity index (χ4n) is 2.88. The Bertz CT molecular complexity index is 889. The number of nitrogens with two attached hydrogens (primary N) is 1. The molecule has 1 aromatic heterocycles. The van der Waals surface area contributed by atoms with Gasteiger partial charge in [0.05, 0.1) is 10.5 Å². The molecule has 1 aromatic carbocycles. The third-order valence-corrected chi connectivity index (χ3v) is 7.03. The summed E-state index contributed by atoms with van der Waals surface area (Å²) in [7, 11) is -3.81. The third-order valence-electron chi connectivity index (χ3n) is 4.11. The summed E-state index contributed by atoms with van der Waals surface area (Å²) in [5, 5.41) is 0.754. The number of thiophene rings is 1. The second kappa shape index (κ2) is 6.38. The van der Waals surface area contributed by atoms with Crippen LogP contribution in [0, 0.1) is 5.92 Å². The number of benzene rings is 1. The Morgan fingerprint density at radius 2 is 2.00 bits per heavy atom. The molecule has 3 N–H and O–H groups in total. The van der Waals surface area contributed by atoms with E-state index in [1.54, 1.807) is 0 Å². The van der Waals surface area contributed by atoms with E-state index in [1.807, 2.05) is 0 Å². The number of nitrogens with one attached hydrogen (secondary N) is 1. The molecule has 1 atom stereocenters. The van der Waals surface area contributed by atoms with Gasteiger partial charge in [-0.3, -0.25) is 9.52 Å². The minimum absolute atomic E-state index is 0.0852. The van der Waals surface area contributed by atoms with Gasteiger partial charge in [0.1, 0.15) is 5.00 Å². The molecule has 3 rings (SSSR count). The highest BCUT2D eigenvalue weighted by Gasteiger charge is 2.28. The molecule has 1 amide bonds. The first kappa shape index (κ1) is 17.3. The van der Waals surface area contributed by atoms with Gasteiger partial charge in [0, 0.05) is 9.90 Å². The van der Waals surface area contributed by atoms with E-state index in [4.69, 9.17) is 17.3 Å². The third kappa shape index (κ3) is 3.29. The summed E-state index contributed by atoms with van der Waals surface area (Å²) in [5.74, 6) is -0.0894. The highest BCUT2D eigenvalue weighted by Crippen LogP contribution is 2.40. The summed E-state index contributed by atoms with van der Waals surface area (Å²) < 4.78 is 27.7. The smallest absolute Gasteiger partial charge is 0.262 e. The van der Waals surface area contributed by atoms with Crippen molar-refractivity contribution in [2.24, 2.45) is 11.7 Å². The van der Waals surface area contributed by atoms with Gasteiger partial charge in [0.15, 0.2) is 0 Å². The van der Waals surface area contributed by atoms with E-state index in [0.29, 0.717) is 21.5 Å². The van der Waals surface area contributed by atoms with E-state index in [1.165, 1.54) is 35.6 Å². The van der Waals surface area contributed by atoms with Crippen LogP contribution in [0.2, 0.25) is 5.02 Å². The number of hydrogen-bond acceptors (Lipinski definition) is 4. The number of carbonyl (C=O) groups excluding carboxylic acids is 1. The Morgan fingerprint density at radius 3 is 2.62 bits per heavy atom. The number of anilines is 1. The van der Waals surface area contributed by atoms with Crippen LogP contribution < -0.4 is 10.5 Å². The molecule has 8 heteroatoms. The maximum Gasteiger partial charge on any atom is 0.262 e. The lowest BCUT2D eigenvalue weighted by molar-refractivity contribution is 0.100. The molecular formula is C16H17ClN2O3S2. The normalized spacial score (nSPS) is 17.3. The van der Waals surface area contributed by atoms with Gasteiger partial charge in [0.25, 0.3) is 15.9 Å². The van der Waals surface area contributed by atoms with Crippen molar-refractivity contribution in [1.82, 2.24) is 0 Å². The minimum Gasteiger partial charge on any atom is -0.365 e. The Hall–Kier alpha value is -1.57. The maximum atomic E-state index is 12.6. The van der Waals surface area contributed by atoms with Crippen molar-refractivity contribution in [3.8, 4) is 0 Å². The summed E-state index contributed by atoms with van der Waals surface area (Å²) in [6.07, 6.45) is 2.55. The molecular weight excluding hydrogens is 368 g/mol. The number of sulfonamides is 1. The van der Waals surface area contributed by atoms with Gasteiger partial charge in [-0.15, -0.1) is 11.3 Å². The van der Waals surface area contributed by atoms with E-state index in [9.17, 15) is 13.2 Å². The number of carbonyl (C=O) groups is 1. The van der Waals surface area contributed by atoms with Crippen LogP contribution in [0.4, 0.5) is 5.00 Å². The zero-order valence-electron chi connectivity index (χ0n) is 13.0. The predicted octanol–water partition coefficient (Wildman–Crippen LogP) is 3.43. The van der Waals surface area contributed by atoms with Gasteiger partial charge in [-0.25, -0.2) is 8.42 Å². The first-order valence-electron chi connectivity index (χ1n) is 7.50. The van der Waals surface area contributed by atoms with E-state index in [2.05, 4.69) is 11.6 Å². The van der Waals surface area contributed by atoms with E-state index >= 15 is 0 Å². The maximum absolute atomic E-state index is 12.6. The average molecular weight is 385 g/mol. The SMILES string of the molecule is C[C@@H]1CCc2c(sc(NS(=O)(=O)c3ccc(Cl)cc3)c2C(N)=O)C1. The molecule has 1 aliphatic rings. The average Bonchev–Trinajstić information content (AvgIpc) is 2.83. The molecule has 0 spiro atoms. The number of primary amides is 1. The van der Waals surface area contributed by atoms with Gasteiger partial charge in [0.2, 0.25) is 0 Å². The van der Waals surface area contributed by atoms with Crippen LogP contribution in [0.3, 0.4) is 0 Å². The predicted molar refractivity (Wildman–Crippen MR) is 96.3 cm³/mol. The molecule has 5 nitrogen and oxygen atoms in total. The number of halogens is 1. The van der Waals surface area contributed by atoms with Crippen molar-refractivity contribution in [2.75, 3.05) is 4.72 Å². The summed E-state index contributed by atoms with van der Waals surface area (Å²) in [5.41, 5.74) is 6.70. The van der Waals surface area contributed by atoms with Gasteiger partial charge < -0.3 is 5.73 Å². The highest BCUT2D eigenvalue weighted by molar-refractivity contribution is 7.93. The van der Waals surface area contributed by atoms with Gasteiger partial charge >= 0.3 is 0 Å². The van der Waals surface area contributed by atoms with Crippen molar-refractivity contribution in [3.05, 3.63) is 45.3 Å². The molecule has 0 bridgehead atoms. The van der Waals surface area contributed by atoms with Crippen molar-refractivity contribution < 1.29 is 13.2 Å². The number of fused-ring (bicyclic) bond motifs is 1. The summed E-state index contributed by atoms with van der Waals surface area (Å²) >= 11 is 7.10. The first-order chi connectivity index (χ1) is 11.3. The topological polar surface area (TPSA) is 89.3 Å². The van der Waals surface area contributed by atoms with Crippen LogP contribution in [-0.2, 0) is 22.9 Å². The minimum atomic E-state index is -3.81. The molecule has 0 radical (unpaired) electrons. The van der Waals surface area contributed by atoms with Crippen LogP contribution in [0.25, 0.3) is 0 Å². The Kier molecular flexibility index (Phi) is 4.59. The van der Waals surface area contributed by atoms with Crippen molar-refractivity contribution in [2.45, 2.75) is 31.1 Å². The standard InChI is InChI=1S/C16H17ClN2O3S2/c1-9-2-7-12-13(8-9)23-16(14(12)15(18)20)19-24(21,22)11-5-3-10(17)4-6-11/h3-6,9,19H,2,7-8H2,1H3,(H2,18,20)/t9-/m1/s1. The zero-order chi connectivity index (χ0) is 17.5. The largest absolute Gasteiger partial charge is 0.365 e. The fraction of sp³-hybridized carbons (Fsp3) is 0.312. The van der Waals surface area contributed by atoms with Crippen LogP contribution in [0.5, 0.6) is 0 Å². The van der Waals surface area contributed by atoms with Gasteiger partial charge in [-0.2, -0.15) is 0 Å².